The van der Waals surface area contributed by atoms with Crippen LogP contribution < -0.4 is 5.84 Å². The largest absolute Gasteiger partial charge is 0.276 e. The number of nitrogens with two attached hydrogens (primary N) is 1. The Kier molecular flexibility index (Phi) is 6.95. The van der Waals surface area contributed by atoms with E-state index in [0.29, 0.717) is 36.6 Å². The Hall–Kier alpha value is -1.93. The van der Waals surface area contributed by atoms with Crippen LogP contribution in [0.15, 0.2) is 53.4 Å². The zero-order valence-electron chi connectivity index (χ0n) is 16.4. The molecule has 8 heteroatoms. The minimum atomic E-state index is -3.66. The molecule has 0 spiro atoms. The van der Waals surface area contributed by atoms with E-state index in [9.17, 15) is 13.2 Å². The predicted octanol–water partition coefficient (Wildman–Crippen LogP) is 3.34. The molecule has 0 aliphatic carbocycles. The second-order valence-corrected chi connectivity index (χ2v) is 9.76. The summed E-state index contributed by atoms with van der Waals surface area (Å²) >= 11 is 6.11. The molecule has 1 aliphatic rings. The van der Waals surface area contributed by atoms with Crippen molar-refractivity contribution in [3.05, 3.63) is 64.7 Å². The Morgan fingerprint density at radius 1 is 1.21 bits per heavy atom. The summed E-state index contributed by atoms with van der Waals surface area (Å²) in [4.78, 5) is 12.8. The van der Waals surface area contributed by atoms with Crippen molar-refractivity contribution in [2.24, 2.45) is 11.8 Å². The minimum Gasteiger partial charge on any atom is -0.276 e. The number of benzene rings is 2. The summed E-state index contributed by atoms with van der Waals surface area (Å²) in [6, 6.07) is 14.4. The molecule has 0 bridgehead atoms. The SMILES string of the molecule is Cc1c(Cl)cccc1S(=O)(=O)N1CCCC(CC(=O)N(N)Cc2ccccc2)C1. The number of piperidine rings is 1. The van der Waals surface area contributed by atoms with Crippen molar-refractivity contribution < 1.29 is 13.2 Å². The minimum absolute atomic E-state index is 0.0626. The molecule has 156 valence electrons. The number of hydrogen-bond acceptors (Lipinski definition) is 4. The van der Waals surface area contributed by atoms with Gasteiger partial charge in [-0.05, 0) is 48.9 Å². The van der Waals surface area contributed by atoms with E-state index < -0.39 is 10.0 Å². The first-order chi connectivity index (χ1) is 13.8. The fourth-order valence-electron chi connectivity index (χ4n) is 3.65. The molecular weight excluding hydrogens is 410 g/mol. The summed E-state index contributed by atoms with van der Waals surface area (Å²) in [5, 5.41) is 1.64. The zero-order valence-corrected chi connectivity index (χ0v) is 18.0. The standard InChI is InChI=1S/C21H26ClN3O3S/c1-16-19(22)10-5-11-20(16)29(27,28)24-12-6-9-18(14-24)13-21(26)25(23)15-17-7-3-2-4-8-17/h2-5,7-8,10-11,18H,6,9,12-15,23H2,1H3. The van der Waals surface area contributed by atoms with Crippen LogP contribution in [0.3, 0.4) is 0 Å². The van der Waals surface area contributed by atoms with Gasteiger partial charge < -0.3 is 0 Å². The second kappa shape index (κ2) is 9.26. The number of halogens is 1. The van der Waals surface area contributed by atoms with Crippen molar-refractivity contribution in [3.8, 4) is 0 Å². The highest BCUT2D eigenvalue weighted by Crippen LogP contribution is 2.29. The van der Waals surface area contributed by atoms with E-state index in [1.165, 1.54) is 9.31 Å². The van der Waals surface area contributed by atoms with Gasteiger partial charge in [0.1, 0.15) is 0 Å². The van der Waals surface area contributed by atoms with Gasteiger partial charge in [-0.25, -0.2) is 14.3 Å². The number of carbonyl (C=O) groups is 1. The number of nitrogens with zero attached hydrogens (tertiary/aromatic N) is 2. The third-order valence-electron chi connectivity index (χ3n) is 5.30. The lowest BCUT2D eigenvalue weighted by atomic mass is 9.96. The molecule has 1 fully saturated rings. The van der Waals surface area contributed by atoms with Gasteiger partial charge in [0.05, 0.1) is 11.4 Å². The molecule has 1 aliphatic heterocycles. The van der Waals surface area contributed by atoms with E-state index in [2.05, 4.69) is 0 Å². The maximum Gasteiger partial charge on any atom is 0.243 e. The molecular formula is C21H26ClN3O3S. The lowest BCUT2D eigenvalue weighted by Crippen LogP contribution is -2.43. The lowest BCUT2D eigenvalue weighted by Gasteiger charge is -2.32. The fraction of sp³-hybridized carbons (Fsp3) is 0.381. The van der Waals surface area contributed by atoms with Gasteiger partial charge in [0.15, 0.2) is 0 Å². The van der Waals surface area contributed by atoms with Crippen LogP contribution in [0.2, 0.25) is 5.02 Å². The second-order valence-electron chi connectivity index (χ2n) is 7.45. The highest BCUT2D eigenvalue weighted by molar-refractivity contribution is 7.89. The van der Waals surface area contributed by atoms with E-state index in [1.54, 1.807) is 25.1 Å². The molecule has 1 atom stereocenters. The van der Waals surface area contributed by atoms with Crippen LogP contribution in [0.1, 0.15) is 30.4 Å². The monoisotopic (exact) mass is 435 g/mol. The van der Waals surface area contributed by atoms with E-state index in [-0.39, 0.29) is 23.1 Å². The van der Waals surface area contributed by atoms with Gasteiger partial charge in [0.25, 0.3) is 0 Å². The molecule has 0 radical (unpaired) electrons. The van der Waals surface area contributed by atoms with Crippen LogP contribution in [0.25, 0.3) is 0 Å². The summed E-state index contributed by atoms with van der Waals surface area (Å²) in [6.45, 7) is 2.78. The van der Waals surface area contributed by atoms with Crippen molar-refractivity contribution in [2.75, 3.05) is 13.1 Å². The van der Waals surface area contributed by atoms with E-state index in [4.69, 9.17) is 17.4 Å². The van der Waals surface area contributed by atoms with E-state index >= 15 is 0 Å². The number of carbonyl (C=O) groups excluding carboxylic acids is 1. The van der Waals surface area contributed by atoms with Gasteiger partial charge in [-0.15, -0.1) is 0 Å². The Morgan fingerprint density at radius 2 is 1.93 bits per heavy atom. The van der Waals surface area contributed by atoms with Gasteiger partial charge in [0.2, 0.25) is 15.9 Å². The molecule has 0 saturated carbocycles. The predicted molar refractivity (Wildman–Crippen MR) is 113 cm³/mol. The van der Waals surface area contributed by atoms with Gasteiger partial charge in [-0.2, -0.15) is 4.31 Å². The maximum atomic E-state index is 13.1. The molecule has 1 amide bonds. The highest BCUT2D eigenvalue weighted by Gasteiger charge is 2.32. The molecule has 1 heterocycles. The first-order valence-electron chi connectivity index (χ1n) is 9.63. The molecule has 0 aromatic heterocycles. The number of rotatable bonds is 6. The first-order valence-corrected chi connectivity index (χ1v) is 11.4. The third kappa shape index (κ3) is 5.17. The Morgan fingerprint density at radius 3 is 2.66 bits per heavy atom. The van der Waals surface area contributed by atoms with E-state index in [0.717, 1.165) is 12.0 Å². The summed E-state index contributed by atoms with van der Waals surface area (Å²) in [7, 11) is -3.66. The quantitative estimate of drug-likeness (QED) is 0.428. The number of amides is 1. The molecule has 3 rings (SSSR count). The fourth-order valence-corrected chi connectivity index (χ4v) is 5.68. The molecule has 2 N–H and O–H groups in total. The molecule has 1 unspecified atom stereocenters. The van der Waals surface area contributed by atoms with Gasteiger partial charge in [-0.3, -0.25) is 9.80 Å². The normalized spacial score (nSPS) is 17.8. The maximum absolute atomic E-state index is 13.1. The molecule has 2 aromatic rings. The van der Waals surface area contributed by atoms with Crippen LogP contribution in [0.5, 0.6) is 0 Å². The average molecular weight is 436 g/mol. The van der Waals surface area contributed by atoms with Crippen molar-refractivity contribution in [2.45, 2.75) is 37.6 Å². The van der Waals surface area contributed by atoms with Gasteiger partial charge in [-0.1, -0.05) is 48.0 Å². The lowest BCUT2D eigenvalue weighted by molar-refractivity contribution is -0.133. The molecule has 1 saturated heterocycles. The van der Waals surface area contributed by atoms with Crippen molar-refractivity contribution in [1.29, 1.82) is 0 Å². The molecule has 2 aromatic carbocycles. The number of hydrazine groups is 1. The molecule has 29 heavy (non-hydrogen) atoms. The van der Waals surface area contributed by atoms with Crippen LogP contribution in [-0.2, 0) is 21.4 Å². The van der Waals surface area contributed by atoms with Crippen LogP contribution in [0.4, 0.5) is 0 Å². The summed E-state index contributed by atoms with van der Waals surface area (Å²) in [5.41, 5.74) is 1.50. The molecule has 6 nitrogen and oxygen atoms in total. The van der Waals surface area contributed by atoms with Gasteiger partial charge in [0, 0.05) is 24.5 Å². The summed E-state index contributed by atoms with van der Waals surface area (Å²) < 4.78 is 27.7. The van der Waals surface area contributed by atoms with Crippen LogP contribution in [-0.4, -0.2) is 36.7 Å². The smallest absolute Gasteiger partial charge is 0.243 e. The van der Waals surface area contributed by atoms with Crippen LogP contribution in [0, 0.1) is 12.8 Å². The Balaban J connectivity index is 1.66. The zero-order chi connectivity index (χ0) is 21.0. The van der Waals surface area contributed by atoms with Crippen molar-refractivity contribution in [3.63, 3.8) is 0 Å². The van der Waals surface area contributed by atoms with Crippen LogP contribution >= 0.6 is 11.6 Å². The van der Waals surface area contributed by atoms with Gasteiger partial charge >= 0.3 is 0 Å². The summed E-state index contributed by atoms with van der Waals surface area (Å²) in [6.07, 6.45) is 1.73. The van der Waals surface area contributed by atoms with Crippen molar-refractivity contribution in [1.82, 2.24) is 9.31 Å². The van der Waals surface area contributed by atoms with E-state index in [1.807, 2.05) is 30.3 Å². The number of sulfonamides is 1. The summed E-state index contributed by atoms with van der Waals surface area (Å²) in [5.74, 6) is 5.71. The average Bonchev–Trinajstić information content (AvgIpc) is 2.71. The number of hydrogen-bond donors (Lipinski definition) is 1. The first kappa shape index (κ1) is 21.8. The topological polar surface area (TPSA) is 83.7 Å². The Labute approximate surface area is 177 Å². The Bertz CT molecular complexity index is 966. The van der Waals surface area contributed by atoms with Crippen molar-refractivity contribution >= 4 is 27.5 Å². The third-order valence-corrected chi connectivity index (χ3v) is 7.72. The highest BCUT2D eigenvalue weighted by atomic mass is 35.5.